The number of esters is 1. The van der Waals surface area contributed by atoms with Crippen molar-refractivity contribution in [2.45, 2.75) is 50.3 Å². The minimum absolute atomic E-state index is 0.0344. The third kappa shape index (κ3) is 7.42. The molecule has 1 aromatic rings. The Balaban J connectivity index is 1.80. The summed E-state index contributed by atoms with van der Waals surface area (Å²) in [6.07, 6.45) is 4.23. The average Bonchev–Trinajstić information content (AvgIpc) is 3.01. The number of amides is 3. The number of imide groups is 1. The third-order valence-corrected chi connectivity index (χ3v) is 6.61. The van der Waals surface area contributed by atoms with Gasteiger partial charge in [-0.25, -0.2) is 13.2 Å². The fraction of sp³-hybridized carbons (Fsp3) is 0.550. The zero-order valence-corrected chi connectivity index (χ0v) is 18.0. The molecule has 1 saturated heterocycles. The van der Waals surface area contributed by atoms with E-state index in [-0.39, 0.29) is 11.3 Å². The molecule has 1 aliphatic heterocycles. The molecule has 3 amide bonds. The van der Waals surface area contributed by atoms with Gasteiger partial charge >= 0.3 is 12.0 Å². The predicted molar refractivity (Wildman–Crippen MR) is 110 cm³/mol. The summed E-state index contributed by atoms with van der Waals surface area (Å²) in [6, 6.07) is 5.83. The number of sulfonamides is 1. The van der Waals surface area contributed by atoms with E-state index in [1.165, 1.54) is 4.31 Å². The molecule has 0 saturated carbocycles. The van der Waals surface area contributed by atoms with Gasteiger partial charge in [0.2, 0.25) is 10.0 Å². The molecule has 2 N–H and O–H groups in total. The molecule has 1 aliphatic rings. The van der Waals surface area contributed by atoms with Crippen molar-refractivity contribution in [2.24, 2.45) is 0 Å². The van der Waals surface area contributed by atoms with E-state index in [0.717, 1.165) is 31.2 Å². The van der Waals surface area contributed by atoms with Gasteiger partial charge in [-0.15, -0.1) is 0 Å². The van der Waals surface area contributed by atoms with Crippen molar-refractivity contribution in [1.82, 2.24) is 14.9 Å². The maximum Gasteiger partial charge on any atom is 0.321 e. The van der Waals surface area contributed by atoms with E-state index in [1.54, 1.807) is 31.2 Å². The molecular formula is C20H29N3O6S. The zero-order chi connectivity index (χ0) is 22.0. The highest BCUT2D eigenvalue weighted by Crippen LogP contribution is 2.21. The summed E-state index contributed by atoms with van der Waals surface area (Å²) >= 11 is 0. The van der Waals surface area contributed by atoms with E-state index in [0.29, 0.717) is 26.1 Å². The molecule has 0 bridgehead atoms. The first kappa shape index (κ1) is 23.8. The summed E-state index contributed by atoms with van der Waals surface area (Å²) in [5.74, 6) is -1.29. The van der Waals surface area contributed by atoms with Crippen LogP contribution in [0.15, 0.2) is 29.2 Å². The second kappa shape index (κ2) is 11.7. The van der Waals surface area contributed by atoms with Crippen LogP contribution in [0.5, 0.6) is 0 Å². The highest BCUT2D eigenvalue weighted by Gasteiger charge is 2.24. The molecule has 9 nitrogen and oxygen atoms in total. The molecule has 1 fully saturated rings. The Bertz CT molecular complexity index is 831. The molecule has 2 rings (SSSR count). The smallest absolute Gasteiger partial charge is 0.321 e. The van der Waals surface area contributed by atoms with Gasteiger partial charge in [0, 0.05) is 26.1 Å². The van der Waals surface area contributed by atoms with Crippen molar-refractivity contribution in [3.05, 3.63) is 29.8 Å². The second-order valence-corrected chi connectivity index (χ2v) is 8.97. The Morgan fingerprint density at radius 3 is 2.27 bits per heavy atom. The second-order valence-electron chi connectivity index (χ2n) is 7.03. The van der Waals surface area contributed by atoms with Gasteiger partial charge in [0.25, 0.3) is 5.91 Å². The average molecular weight is 440 g/mol. The lowest BCUT2D eigenvalue weighted by atomic mass is 10.1. The highest BCUT2D eigenvalue weighted by atomic mass is 32.2. The maximum absolute atomic E-state index is 12.8. The number of nitrogens with one attached hydrogen (secondary N) is 2. The van der Waals surface area contributed by atoms with Crippen LogP contribution in [0.4, 0.5) is 4.79 Å². The SMILES string of the molecule is CCNC(=O)NC(=O)COC(=O)CCc1ccc(S(=O)(=O)N2CCCCCC2)cc1. The van der Waals surface area contributed by atoms with Crippen molar-refractivity contribution >= 4 is 27.9 Å². The molecule has 0 unspecified atom stereocenters. The maximum atomic E-state index is 12.8. The van der Waals surface area contributed by atoms with Gasteiger partial charge in [-0.3, -0.25) is 14.9 Å². The summed E-state index contributed by atoms with van der Waals surface area (Å²) in [5.41, 5.74) is 0.786. The Labute approximate surface area is 177 Å². The zero-order valence-electron chi connectivity index (χ0n) is 17.2. The molecule has 0 spiro atoms. The van der Waals surface area contributed by atoms with Gasteiger partial charge < -0.3 is 10.1 Å². The van der Waals surface area contributed by atoms with Gasteiger partial charge in [-0.2, -0.15) is 4.31 Å². The topological polar surface area (TPSA) is 122 Å². The van der Waals surface area contributed by atoms with Crippen molar-refractivity contribution in [3.63, 3.8) is 0 Å². The van der Waals surface area contributed by atoms with E-state index in [9.17, 15) is 22.8 Å². The van der Waals surface area contributed by atoms with Crippen LogP contribution in [0.2, 0.25) is 0 Å². The molecule has 0 aromatic heterocycles. The van der Waals surface area contributed by atoms with Crippen LogP contribution in [0, 0.1) is 0 Å². The van der Waals surface area contributed by atoms with E-state index in [4.69, 9.17) is 4.74 Å². The molecular weight excluding hydrogens is 410 g/mol. The fourth-order valence-corrected chi connectivity index (χ4v) is 4.61. The van der Waals surface area contributed by atoms with Crippen molar-refractivity contribution in [3.8, 4) is 0 Å². The normalized spacial score (nSPS) is 15.1. The molecule has 0 radical (unpaired) electrons. The molecule has 0 aliphatic carbocycles. The summed E-state index contributed by atoms with van der Waals surface area (Å²) in [4.78, 5) is 34.7. The summed E-state index contributed by atoms with van der Waals surface area (Å²) in [7, 11) is -3.50. The minimum Gasteiger partial charge on any atom is -0.456 e. The largest absolute Gasteiger partial charge is 0.456 e. The van der Waals surface area contributed by atoms with E-state index in [1.807, 2.05) is 5.32 Å². The first-order chi connectivity index (χ1) is 14.3. The van der Waals surface area contributed by atoms with Crippen molar-refractivity contribution in [1.29, 1.82) is 0 Å². The quantitative estimate of drug-likeness (QED) is 0.593. The van der Waals surface area contributed by atoms with Crippen molar-refractivity contribution in [2.75, 3.05) is 26.2 Å². The van der Waals surface area contributed by atoms with E-state index >= 15 is 0 Å². The summed E-state index contributed by atoms with van der Waals surface area (Å²) in [6.45, 7) is 2.63. The van der Waals surface area contributed by atoms with Crippen LogP contribution < -0.4 is 10.6 Å². The number of rotatable bonds is 8. The van der Waals surface area contributed by atoms with Crippen LogP contribution in [-0.4, -0.2) is 56.9 Å². The lowest BCUT2D eigenvalue weighted by molar-refractivity contribution is -0.148. The first-order valence-corrected chi connectivity index (χ1v) is 11.6. The molecule has 10 heteroatoms. The monoisotopic (exact) mass is 439 g/mol. The molecule has 0 atom stereocenters. The number of carbonyl (C=O) groups excluding carboxylic acids is 3. The van der Waals surface area contributed by atoms with Crippen LogP contribution in [0.1, 0.15) is 44.6 Å². The van der Waals surface area contributed by atoms with Crippen LogP contribution in [-0.2, 0) is 30.8 Å². The summed E-state index contributed by atoms with van der Waals surface area (Å²) in [5, 5.41) is 4.43. The van der Waals surface area contributed by atoms with Gasteiger partial charge in [-0.05, 0) is 43.9 Å². The minimum atomic E-state index is -3.50. The number of urea groups is 1. The summed E-state index contributed by atoms with van der Waals surface area (Å²) < 4.78 is 31.9. The van der Waals surface area contributed by atoms with E-state index < -0.39 is 34.5 Å². The standard InChI is InChI=1S/C20H29N3O6S/c1-2-21-20(26)22-18(24)15-29-19(25)12-9-16-7-10-17(11-8-16)30(27,28)23-13-5-3-4-6-14-23/h7-8,10-11H,2-6,9,12-15H2,1H3,(H2,21,22,24,26). The Morgan fingerprint density at radius 1 is 1.03 bits per heavy atom. The Hall–Kier alpha value is -2.46. The number of hydrogen-bond acceptors (Lipinski definition) is 6. The lowest BCUT2D eigenvalue weighted by Crippen LogP contribution is -2.41. The number of aryl methyl sites for hydroxylation is 1. The Kier molecular flexibility index (Phi) is 9.25. The van der Waals surface area contributed by atoms with Crippen LogP contribution in [0.3, 0.4) is 0 Å². The van der Waals surface area contributed by atoms with Gasteiger partial charge in [0.1, 0.15) is 0 Å². The molecule has 30 heavy (non-hydrogen) atoms. The fourth-order valence-electron chi connectivity index (χ4n) is 3.09. The number of nitrogens with zero attached hydrogens (tertiary/aromatic N) is 1. The van der Waals surface area contributed by atoms with Gasteiger partial charge in [0.15, 0.2) is 6.61 Å². The van der Waals surface area contributed by atoms with Crippen molar-refractivity contribution < 1.29 is 27.5 Å². The van der Waals surface area contributed by atoms with Gasteiger partial charge in [-0.1, -0.05) is 25.0 Å². The number of hydrogen-bond donors (Lipinski definition) is 2. The van der Waals surface area contributed by atoms with Crippen LogP contribution in [0.25, 0.3) is 0 Å². The molecule has 1 aromatic carbocycles. The number of carbonyl (C=O) groups is 3. The third-order valence-electron chi connectivity index (χ3n) is 4.70. The molecule has 1 heterocycles. The number of benzene rings is 1. The predicted octanol–water partition coefficient (Wildman–Crippen LogP) is 1.57. The lowest BCUT2D eigenvalue weighted by Gasteiger charge is -2.20. The van der Waals surface area contributed by atoms with Gasteiger partial charge in [0.05, 0.1) is 4.90 Å². The number of ether oxygens (including phenoxy) is 1. The molecule has 166 valence electrons. The van der Waals surface area contributed by atoms with E-state index in [2.05, 4.69) is 5.32 Å². The highest BCUT2D eigenvalue weighted by molar-refractivity contribution is 7.89. The Morgan fingerprint density at radius 2 is 1.67 bits per heavy atom. The first-order valence-electron chi connectivity index (χ1n) is 10.2. The van der Waals surface area contributed by atoms with Crippen LogP contribution >= 0.6 is 0 Å².